The Balaban J connectivity index is 2.04. The summed E-state index contributed by atoms with van der Waals surface area (Å²) in [6, 6.07) is 4.90. The summed E-state index contributed by atoms with van der Waals surface area (Å²) >= 11 is 0. The Hall–Kier alpha value is -2.37. The van der Waals surface area contributed by atoms with Gasteiger partial charge in [0.15, 0.2) is 11.6 Å². The summed E-state index contributed by atoms with van der Waals surface area (Å²) in [4.78, 5) is 11.2. The topological polar surface area (TPSA) is 51.5 Å². The molecule has 4 nitrogen and oxygen atoms in total. The maximum Gasteiger partial charge on any atom is 0.352 e. The zero-order valence-electron chi connectivity index (χ0n) is 12.3. The Morgan fingerprint density at radius 2 is 2.00 bits per heavy atom. The van der Waals surface area contributed by atoms with E-state index >= 15 is 0 Å². The van der Waals surface area contributed by atoms with E-state index in [0.29, 0.717) is 6.54 Å². The number of halogens is 2. The molecule has 2 aromatic rings. The number of aromatic carboxylic acids is 1. The highest BCUT2D eigenvalue weighted by molar-refractivity contribution is 5.86. The van der Waals surface area contributed by atoms with Crippen LogP contribution in [0.5, 0.6) is 5.75 Å². The lowest BCUT2D eigenvalue weighted by Crippen LogP contribution is -2.13. The minimum atomic E-state index is -1.01. The van der Waals surface area contributed by atoms with Crippen LogP contribution in [0.15, 0.2) is 30.5 Å². The first kappa shape index (κ1) is 16.0. The zero-order chi connectivity index (χ0) is 16.3. The molecule has 0 spiro atoms. The predicted octanol–water partition coefficient (Wildman–Crippen LogP) is 3.67. The summed E-state index contributed by atoms with van der Waals surface area (Å²) in [5, 5.41) is 9.19. The first-order chi connectivity index (χ1) is 10.4. The number of hydrogen-bond donors (Lipinski definition) is 1. The molecule has 0 saturated heterocycles. The monoisotopic (exact) mass is 309 g/mol. The first-order valence-corrected chi connectivity index (χ1v) is 6.89. The van der Waals surface area contributed by atoms with Crippen LogP contribution in [0.2, 0.25) is 0 Å². The lowest BCUT2D eigenvalue weighted by molar-refractivity contribution is 0.0684. The van der Waals surface area contributed by atoms with E-state index in [2.05, 4.69) is 0 Å². The fourth-order valence-electron chi connectivity index (χ4n) is 2.04. The molecule has 0 fully saturated rings. The average Bonchev–Trinajstić information content (AvgIpc) is 2.87. The van der Waals surface area contributed by atoms with E-state index in [0.717, 1.165) is 17.7 Å². The van der Waals surface area contributed by atoms with Crippen LogP contribution in [0.4, 0.5) is 8.78 Å². The number of hydrogen-bond acceptors (Lipinski definition) is 2. The molecular formula is C16H17F2NO3. The largest absolute Gasteiger partial charge is 0.492 e. The number of carboxylic acid groups (broad SMARTS) is 1. The Labute approximate surface area is 126 Å². The van der Waals surface area contributed by atoms with E-state index in [-0.39, 0.29) is 24.0 Å². The predicted molar refractivity (Wildman–Crippen MR) is 77.3 cm³/mol. The van der Waals surface area contributed by atoms with Crippen LogP contribution in [-0.4, -0.2) is 22.2 Å². The molecule has 0 aliphatic carbocycles. The molecule has 2 rings (SSSR count). The molecule has 1 heterocycles. The molecule has 0 atom stereocenters. The van der Waals surface area contributed by atoms with Gasteiger partial charge >= 0.3 is 5.97 Å². The molecule has 1 aromatic carbocycles. The van der Waals surface area contributed by atoms with E-state index in [1.54, 1.807) is 16.8 Å². The van der Waals surface area contributed by atoms with Crippen LogP contribution >= 0.6 is 0 Å². The summed E-state index contributed by atoms with van der Waals surface area (Å²) in [6.45, 7) is 4.40. The summed E-state index contributed by atoms with van der Waals surface area (Å²) in [5.74, 6) is -2.52. The van der Waals surface area contributed by atoms with Crippen molar-refractivity contribution >= 4 is 5.97 Å². The molecule has 0 aliphatic heterocycles. The van der Waals surface area contributed by atoms with Gasteiger partial charge in [-0.3, -0.25) is 0 Å². The van der Waals surface area contributed by atoms with Gasteiger partial charge in [-0.2, -0.15) is 0 Å². The maximum atomic E-state index is 13.1. The van der Waals surface area contributed by atoms with Gasteiger partial charge in [-0.15, -0.1) is 0 Å². The van der Waals surface area contributed by atoms with Crippen LogP contribution in [-0.2, 0) is 6.54 Å². The van der Waals surface area contributed by atoms with E-state index < -0.39 is 17.6 Å². The van der Waals surface area contributed by atoms with Crippen molar-refractivity contribution < 1.29 is 23.4 Å². The van der Waals surface area contributed by atoms with Gasteiger partial charge in [-0.25, -0.2) is 13.6 Å². The normalized spacial score (nSPS) is 11.0. The molecule has 0 saturated carbocycles. The number of carboxylic acids is 1. The Morgan fingerprint density at radius 1 is 1.27 bits per heavy atom. The average molecular weight is 309 g/mol. The smallest absolute Gasteiger partial charge is 0.352 e. The number of aromatic nitrogens is 1. The summed E-state index contributed by atoms with van der Waals surface area (Å²) in [5.41, 5.74) is 1.10. The highest BCUT2D eigenvalue weighted by Gasteiger charge is 2.14. The van der Waals surface area contributed by atoms with Gasteiger partial charge in [0.05, 0.1) is 6.54 Å². The molecule has 0 aliphatic rings. The van der Waals surface area contributed by atoms with E-state index in [4.69, 9.17) is 4.74 Å². The fourth-order valence-corrected chi connectivity index (χ4v) is 2.04. The number of carbonyl (C=O) groups is 1. The molecule has 1 N–H and O–H groups in total. The van der Waals surface area contributed by atoms with Crippen LogP contribution in [0.25, 0.3) is 0 Å². The molecule has 0 amide bonds. The lowest BCUT2D eigenvalue weighted by atomic mass is 10.1. The third-order valence-electron chi connectivity index (χ3n) is 3.30. The van der Waals surface area contributed by atoms with Crippen molar-refractivity contribution in [2.24, 2.45) is 0 Å². The second-order valence-electron chi connectivity index (χ2n) is 5.24. The van der Waals surface area contributed by atoms with Crippen molar-refractivity contribution in [3.63, 3.8) is 0 Å². The van der Waals surface area contributed by atoms with Gasteiger partial charge in [-0.1, -0.05) is 13.8 Å². The second kappa shape index (κ2) is 6.60. The number of nitrogens with zero attached hydrogens (tertiary/aromatic N) is 1. The Kier molecular flexibility index (Phi) is 4.80. The number of ether oxygens (including phenoxy) is 1. The standard InChI is InChI=1S/C16H17F2NO3/c1-10(2)11-7-15(16(20)21)19(9-11)5-6-22-12-3-4-13(17)14(18)8-12/h3-4,7-10H,5-6H2,1-2H3,(H,20,21). The maximum absolute atomic E-state index is 13.1. The first-order valence-electron chi connectivity index (χ1n) is 6.89. The van der Waals surface area contributed by atoms with Gasteiger partial charge in [0, 0.05) is 12.3 Å². The van der Waals surface area contributed by atoms with E-state index in [1.165, 1.54) is 6.07 Å². The molecule has 0 radical (unpaired) electrons. The van der Waals surface area contributed by atoms with Crippen LogP contribution in [0, 0.1) is 11.6 Å². The molecule has 0 unspecified atom stereocenters. The van der Waals surface area contributed by atoms with Gasteiger partial charge in [0.2, 0.25) is 0 Å². The van der Waals surface area contributed by atoms with Crippen LogP contribution in [0.1, 0.15) is 35.8 Å². The quantitative estimate of drug-likeness (QED) is 0.886. The Bertz CT molecular complexity index is 680. The van der Waals surface area contributed by atoms with Crippen molar-refractivity contribution in [1.82, 2.24) is 4.57 Å². The van der Waals surface area contributed by atoms with Gasteiger partial charge in [0.1, 0.15) is 18.1 Å². The number of rotatable bonds is 6. The second-order valence-corrected chi connectivity index (χ2v) is 5.24. The van der Waals surface area contributed by atoms with Gasteiger partial charge < -0.3 is 14.4 Å². The van der Waals surface area contributed by atoms with Crippen LogP contribution in [0.3, 0.4) is 0 Å². The lowest BCUT2D eigenvalue weighted by Gasteiger charge is -2.09. The van der Waals surface area contributed by atoms with Crippen LogP contribution < -0.4 is 4.74 Å². The van der Waals surface area contributed by atoms with Crippen molar-refractivity contribution in [3.8, 4) is 5.75 Å². The van der Waals surface area contributed by atoms with Crippen molar-refractivity contribution in [3.05, 3.63) is 53.4 Å². The van der Waals surface area contributed by atoms with E-state index in [9.17, 15) is 18.7 Å². The minimum Gasteiger partial charge on any atom is -0.492 e. The molecule has 6 heteroatoms. The van der Waals surface area contributed by atoms with Gasteiger partial charge in [0.25, 0.3) is 0 Å². The molecule has 0 bridgehead atoms. The molecule has 1 aromatic heterocycles. The SMILES string of the molecule is CC(C)c1cc(C(=O)O)n(CCOc2ccc(F)c(F)c2)c1. The summed E-state index contributed by atoms with van der Waals surface area (Å²) < 4.78 is 32.8. The summed E-state index contributed by atoms with van der Waals surface area (Å²) in [7, 11) is 0. The van der Waals surface area contributed by atoms with E-state index in [1.807, 2.05) is 13.8 Å². The summed E-state index contributed by atoms with van der Waals surface area (Å²) in [6.07, 6.45) is 1.77. The molecular weight excluding hydrogens is 292 g/mol. The third kappa shape index (κ3) is 3.63. The fraction of sp³-hybridized carbons (Fsp3) is 0.312. The number of benzene rings is 1. The minimum absolute atomic E-state index is 0.150. The Morgan fingerprint density at radius 3 is 2.59 bits per heavy atom. The van der Waals surface area contributed by atoms with Crippen molar-refractivity contribution in [2.45, 2.75) is 26.3 Å². The highest BCUT2D eigenvalue weighted by atomic mass is 19.2. The molecule has 22 heavy (non-hydrogen) atoms. The van der Waals surface area contributed by atoms with Crippen molar-refractivity contribution in [1.29, 1.82) is 0 Å². The van der Waals surface area contributed by atoms with Gasteiger partial charge in [-0.05, 0) is 29.7 Å². The highest BCUT2D eigenvalue weighted by Crippen LogP contribution is 2.19. The van der Waals surface area contributed by atoms with Crippen molar-refractivity contribution in [2.75, 3.05) is 6.61 Å². The zero-order valence-corrected chi connectivity index (χ0v) is 12.3. The third-order valence-corrected chi connectivity index (χ3v) is 3.30. The molecule has 118 valence electrons.